The van der Waals surface area contributed by atoms with Gasteiger partial charge in [0.05, 0.1) is 11.9 Å². The topological polar surface area (TPSA) is 110 Å². The smallest absolute Gasteiger partial charge is 0.324 e. The zero-order chi connectivity index (χ0) is 20.4. The lowest BCUT2D eigenvalue weighted by Gasteiger charge is -2.16. The van der Waals surface area contributed by atoms with Crippen LogP contribution in [0.3, 0.4) is 0 Å². The summed E-state index contributed by atoms with van der Waals surface area (Å²) in [6.07, 6.45) is -3.82. The lowest BCUT2D eigenvalue weighted by Crippen LogP contribution is -2.34. The van der Waals surface area contributed by atoms with Crippen molar-refractivity contribution in [2.24, 2.45) is 0 Å². The van der Waals surface area contributed by atoms with Crippen molar-refractivity contribution >= 4 is 27.3 Å². The van der Waals surface area contributed by atoms with Gasteiger partial charge in [-0.05, 0) is 31.2 Å². The Morgan fingerprint density at radius 2 is 1.81 bits per heavy atom. The minimum atomic E-state index is -4.77. The molecule has 1 unspecified atom stereocenters. The lowest BCUT2D eigenvalue weighted by atomic mass is 10.2. The molecule has 12 heteroatoms. The number of carbonyl (C=O) groups is 1. The van der Waals surface area contributed by atoms with Gasteiger partial charge in [0.1, 0.15) is 6.04 Å². The Kier molecular flexibility index (Phi) is 5.59. The highest BCUT2D eigenvalue weighted by atomic mass is 32.2. The molecule has 27 heavy (non-hydrogen) atoms. The van der Waals surface area contributed by atoms with E-state index in [9.17, 15) is 31.2 Å². The maximum atomic E-state index is 12.8. The molecule has 0 bridgehead atoms. The Bertz CT molecular complexity index is 1020. The molecular weight excluding hydrogens is 389 g/mol. The zero-order valence-corrected chi connectivity index (χ0v) is 14.9. The van der Waals surface area contributed by atoms with E-state index in [1.807, 2.05) is 0 Å². The van der Waals surface area contributed by atoms with Gasteiger partial charge in [-0.15, -0.1) is 0 Å². The number of nitrogens with zero attached hydrogens (tertiary/aromatic N) is 2. The molecule has 2 aromatic rings. The van der Waals surface area contributed by atoms with Crippen molar-refractivity contribution in [3.05, 3.63) is 52.4 Å². The summed E-state index contributed by atoms with van der Waals surface area (Å²) in [4.78, 5) is 24.1. The normalized spacial score (nSPS) is 13.1. The third kappa shape index (κ3) is 5.54. The summed E-state index contributed by atoms with van der Waals surface area (Å²) in [7, 11) is -3.53. The van der Waals surface area contributed by atoms with Gasteiger partial charge in [0.15, 0.2) is 5.69 Å². The second kappa shape index (κ2) is 7.39. The number of hydrogen-bond donors (Lipinski definition) is 2. The van der Waals surface area contributed by atoms with E-state index in [1.54, 1.807) is 0 Å². The number of sulfonamides is 1. The lowest BCUT2D eigenvalue weighted by molar-refractivity contribution is -0.142. The summed E-state index contributed by atoms with van der Waals surface area (Å²) in [6.45, 7) is 1.21. The van der Waals surface area contributed by atoms with Crippen LogP contribution in [0.2, 0.25) is 0 Å². The molecule has 0 saturated carbocycles. The molecule has 1 atom stereocenters. The van der Waals surface area contributed by atoms with Gasteiger partial charge in [0.2, 0.25) is 15.9 Å². The van der Waals surface area contributed by atoms with Crippen LogP contribution in [0.4, 0.5) is 24.5 Å². The summed E-state index contributed by atoms with van der Waals surface area (Å²) in [6, 6.07) is 5.53. The average molecular weight is 404 g/mol. The van der Waals surface area contributed by atoms with Gasteiger partial charge in [-0.25, -0.2) is 13.1 Å². The number of hydrogen-bond acceptors (Lipinski definition) is 5. The first kappa shape index (κ1) is 20.4. The number of alkyl halides is 3. The van der Waals surface area contributed by atoms with Crippen molar-refractivity contribution in [1.82, 2.24) is 9.78 Å². The molecule has 0 radical (unpaired) electrons. The molecule has 146 valence electrons. The predicted molar refractivity (Wildman–Crippen MR) is 91.7 cm³/mol. The van der Waals surface area contributed by atoms with Crippen LogP contribution in [0.15, 0.2) is 41.2 Å². The van der Waals surface area contributed by atoms with Crippen LogP contribution in [0, 0.1) is 0 Å². The molecule has 1 aromatic heterocycles. The highest BCUT2D eigenvalue weighted by Gasteiger charge is 2.34. The van der Waals surface area contributed by atoms with Gasteiger partial charge in [-0.3, -0.25) is 14.3 Å². The number of aromatic nitrogens is 2. The Balaban J connectivity index is 2.24. The third-order valence-corrected chi connectivity index (χ3v) is 3.90. The first-order valence-electron chi connectivity index (χ1n) is 7.42. The predicted octanol–water partition coefficient (Wildman–Crippen LogP) is 1.83. The van der Waals surface area contributed by atoms with Crippen LogP contribution in [0.1, 0.15) is 18.7 Å². The van der Waals surface area contributed by atoms with E-state index in [1.165, 1.54) is 31.2 Å². The summed E-state index contributed by atoms with van der Waals surface area (Å²) in [5.41, 5.74) is -1.82. The highest BCUT2D eigenvalue weighted by Crippen LogP contribution is 2.26. The molecule has 0 fully saturated rings. The fraction of sp³-hybridized carbons (Fsp3) is 0.267. The van der Waals surface area contributed by atoms with Crippen molar-refractivity contribution in [2.75, 3.05) is 16.3 Å². The maximum absolute atomic E-state index is 12.8. The third-order valence-electron chi connectivity index (χ3n) is 3.30. The molecule has 0 aliphatic heterocycles. The molecule has 1 aromatic carbocycles. The van der Waals surface area contributed by atoms with Gasteiger partial charge in [-0.1, -0.05) is 6.07 Å². The van der Waals surface area contributed by atoms with E-state index in [2.05, 4.69) is 15.1 Å². The number of carbonyl (C=O) groups excluding carboxylic acids is 1. The van der Waals surface area contributed by atoms with Crippen LogP contribution in [0.25, 0.3) is 0 Å². The molecule has 0 saturated heterocycles. The second-order valence-corrected chi connectivity index (χ2v) is 7.37. The highest BCUT2D eigenvalue weighted by molar-refractivity contribution is 7.92. The Hall–Kier alpha value is -2.89. The molecular formula is C15H15F3N4O4S. The summed E-state index contributed by atoms with van der Waals surface area (Å²) in [5, 5.41) is 5.60. The number of benzene rings is 1. The monoisotopic (exact) mass is 404 g/mol. The quantitative estimate of drug-likeness (QED) is 0.790. The first-order valence-corrected chi connectivity index (χ1v) is 9.32. The van der Waals surface area contributed by atoms with E-state index < -0.39 is 39.4 Å². The largest absolute Gasteiger partial charge is 0.435 e. The van der Waals surface area contributed by atoms with E-state index in [-0.39, 0.29) is 11.4 Å². The number of nitrogens with one attached hydrogen (secondary N) is 2. The minimum Gasteiger partial charge on any atom is -0.324 e. The van der Waals surface area contributed by atoms with Crippen molar-refractivity contribution in [3.63, 3.8) is 0 Å². The standard InChI is InChI=1S/C15H15F3N4O4S/c1-9(22-13(23)7-6-12(20-22)15(16,17)18)14(24)19-10-4-3-5-11(8-10)21-27(2,25)26/h3-9,21H,1-2H3,(H,19,24). The Labute approximate surface area is 152 Å². The van der Waals surface area contributed by atoms with Crippen LogP contribution >= 0.6 is 0 Å². The summed E-state index contributed by atoms with van der Waals surface area (Å²) in [5.74, 6) is -0.805. The SMILES string of the molecule is CC(C(=O)Nc1cccc(NS(C)(=O)=O)c1)n1nc(C(F)(F)F)ccc1=O. The van der Waals surface area contributed by atoms with Crippen LogP contribution < -0.4 is 15.6 Å². The van der Waals surface area contributed by atoms with Gasteiger partial charge in [0, 0.05) is 11.8 Å². The molecule has 2 N–H and O–H groups in total. The van der Waals surface area contributed by atoms with Crippen molar-refractivity contribution in [3.8, 4) is 0 Å². The van der Waals surface area contributed by atoms with Crippen LogP contribution in [-0.2, 0) is 21.0 Å². The van der Waals surface area contributed by atoms with Crippen LogP contribution in [0.5, 0.6) is 0 Å². The summed E-state index contributed by atoms with van der Waals surface area (Å²) < 4.78 is 63.4. The number of rotatable bonds is 5. The average Bonchev–Trinajstić information content (AvgIpc) is 2.52. The van der Waals surface area contributed by atoms with Gasteiger partial charge >= 0.3 is 6.18 Å². The van der Waals surface area contributed by atoms with E-state index in [0.29, 0.717) is 16.8 Å². The van der Waals surface area contributed by atoms with Crippen LogP contribution in [-0.4, -0.2) is 30.4 Å². The number of halogens is 3. The van der Waals surface area contributed by atoms with Crippen molar-refractivity contribution in [2.45, 2.75) is 19.1 Å². The Morgan fingerprint density at radius 1 is 1.19 bits per heavy atom. The van der Waals surface area contributed by atoms with E-state index in [0.717, 1.165) is 6.26 Å². The molecule has 2 rings (SSSR count). The first-order chi connectivity index (χ1) is 12.4. The fourth-order valence-corrected chi connectivity index (χ4v) is 2.64. The maximum Gasteiger partial charge on any atom is 0.435 e. The number of amides is 1. The number of anilines is 2. The Morgan fingerprint density at radius 3 is 2.41 bits per heavy atom. The van der Waals surface area contributed by atoms with E-state index >= 15 is 0 Å². The molecule has 0 spiro atoms. The van der Waals surface area contributed by atoms with Crippen molar-refractivity contribution in [1.29, 1.82) is 0 Å². The molecule has 1 amide bonds. The summed E-state index contributed by atoms with van der Waals surface area (Å²) >= 11 is 0. The van der Waals surface area contributed by atoms with Gasteiger partial charge in [-0.2, -0.15) is 18.3 Å². The molecule has 8 nitrogen and oxygen atoms in total. The zero-order valence-electron chi connectivity index (χ0n) is 14.1. The van der Waals surface area contributed by atoms with E-state index in [4.69, 9.17) is 0 Å². The second-order valence-electron chi connectivity index (χ2n) is 5.62. The minimum absolute atomic E-state index is 0.178. The van der Waals surface area contributed by atoms with Gasteiger partial charge < -0.3 is 5.32 Å². The molecule has 0 aliphatic rings. The fourth-order valence-electron chi connectivity index (χ4n) is 2.09. The molecule has 0 aliphatic carbocycles. The molecule has 1 heterocycles. The van der Waals surface area contributed by atoms with Gasteiger partial charge in [0.25, 0.3) is 5.56 Å². The van der Waals surface area contributed by atoms with Crippen molar-refractivity contribution < 1.29 is 26.4 Å².